The van der Waals surface area contributed by atoms with Crippen LogP contribution in [0.3, 0.4) is 0 Å². The van der Waals surface area contributed by atoms with E-state index in [-0.39, 0.29) is 0 Å². The van der Waals surface area contributed by atoms with Crippen molar-refractivity contribution in [2.24, 2.45) is 5.73 Å². The molecule has 4 heteroatoms. The molecule has 1 aromatic carbocycles. The lowest BCUT2D eigenvalue weighted by molar-refractivity contribution is 0.799. The Morgan fingerprint density at radius 2 is 1.74 bits per heavy atom. The topological polar surface area (TPSA) is 55.0 Å². The van der Waals surface area contributed by atoms with Gasteiger partial charge in [-0.1, -0.05) is 17.7 Å². The molecule has 0 radical (unpaired) electrons. The maximum Gasteiger partial charge on any atom is 0.155 e. The lowest BCUT2D eigenvalue weighted by Gasteiger charge is -2.23. The summed E-state index contributed by atoms with van der Waals surface area (Å²) >= 11 is 0. The van der Waals surface area contributed by atoms with E-state index in [0.29, 0.717) is 6.54 Å². The molecule has 2 rings (SSSR count). The normalized spacial score (nSPS) is 10.5. The van der Waals surface area contributed by atoms with Gasteiger partial charge in [-0.2, -0.15) is 5.10 Å². The second kappa shape index (κ2) is 6.29. The lowest BCUT2D eigenvalue weighted by atomic mass is 10.2. The molecule has 0 saturated carbocycles. The molecular formula is C15H20N4. The molecule has 2 N–H and O–H groups in total. The van der Waals surface area contributed by atoms with E-state index >= 15 is 0 Å². The van der Waals surface area contributed by atoms with E-state index < -0.39 is 0 Å². The summed E-state index contributed by atoms with van der Waals surface area (Å²) in [6, 6.07) is 12.4. The molecule has 4 nitrogen and oxygen atoms in total. The van der Waals surface area contributed by atoms with Crippen molar-refractivity contribution < 1.29 is 0 Å². The molecule has 2 aromatic rings. The van der Waals surface area contributed by atoms with Crippen LogP contribution in [0.1, 0.15) is 17.7 Å². The van der Waals surface area contributed by atoms with Gasteiger partial charge in [-0.05, 0) is 51.1 Å². The molecule has 0 unspecified atom stereocenters. The van der Waals surface area contributed by atoms with Crippen LogP contribution < -0.4 is 10.6 Å². The highest BCUT2D eigenvalue weighted by Gasteiger charge is 2.10. The summed E-state index contributed by atoms with van der Waals surface area (Å²) in [5.74, 6) is 0.864. The summed E-state index contributed by atoms with van der Waals surface area (Å²) < 4.78 is 0. The first kappa shape index (κ1) is 13.5. The highest BCUT2D eigenvalue weighted by atomic mass is 15.3. The molecule has 0 amide bonds. The van der Waals surface area contributed by atoms with Crippen LogP contribution in [0.4, 0.5) is 11.5 Å². The molecule has 0 spiro atoms. The molecule has 0 aliphatic heterocycles. The van der Waals surface area contributed by atoms with Crippen LogP contribution in [0.5, 0.6) is 0 Å². The number of hydrogen-bond donors (Lipinski definition) is 1. The van der Waals surface area contributed by atoms with Crippen LogP contribution in [0.25, 0.3) is 0 Å². The molecule has 1 heterocycles. The number of hydrogen-bond acceptors (Lipinski definition) is 4. The van der Waals surface area contributed by atoms with E-state index in [1.165, 1.54) is 5.56 Å². The van der Waals surface area contributed by atoms with Gasteiger partial charge >= 0.3 is 0 Å². The van der Waals surface area contributed by atoms with Crippen molar-refractivity contribution in [3.8, 4) is 0 Å². The monoisotopic (exact) mass is 256 g/mol. The fourth-order valence-corrected chi connectivity index (χ4v) is 1.89. The Kier molecular flexibility index (Phi) is 4.47. The fourth-order valence-electron chi connectivity index (χ4n) is 1.89. The van der Waals surface area contributed by atoms with Gasteiger partial charge in [0, 0.05) is 12.2 Å². The zero-order valence-corrected chi connectivity index (χ0v) is 11.5. The van der Waals surface area contributed by atoms with Gasteiger partial charge in [-0.3, -0.25) is 0 Å². The van der Waals surface area contributed by atoms with Crippen LogP contribution in [-0.4, -0.2) is 23.3 Å². The van der Waals surface area contributed by atoms with Gasteiger partial charge in [-0.15, -0.1) is 5.10 Å². The summed E-state index contributed by atoms with van der Waals surface area (Å²) in [7, 11) is 0. The van der Waals surface area contributed by atoms with Crippen LogP contribution in [0.2, 0.25) is 0 Å². The predicted molar refractivity (Wildman–Crippen MR) is 78.6 cm³/mol. The van der Waals surface area contributed by atoms with Crippen molar-refractivity contribution in [2.75, 3.05) is 18.0 Å². The lowest BCUT2D eigenvalue weighted by Crippen LogP contribution is -2.22. The first-order chi connectivity index (χ1) is 9.20. The van der Waals surface area contributed by atoms with Crippen molar-refractivity contribution in [3.05, 3.63) is 47.7 Å². The highest BCUT2D eigenvalue weighted by Crippen LogP contribution is 2.23. The van der Waals surface area contributed by atoms with Gasteiger partial charge in [-0.25, -0.2) is 0 Å². The Labute approximate surface area is 114 Å². The fraction of sp³-hybridized carbons (Fsp3) is 0.333. The van der Waals surface area contributed by atoms with Crippen molar-refractivity contribution >= 4 is 11.5 Å². The van der Waals surface area contributed by atoms with E-state index in [4.69, 9.17) is 5.73 Å². The Morgan fingerprint density at radius 3 is 2.32 bits per heavy atom. The number of aryl methyl sites for hydroxylation is 2. The molecule has 0 fully saturated rings. The van der Waals surface area contributed by atoms with Gasteiger partial charge in [0.1, 0.15) is 0 Å². The zero-order valence-electron chi connectivity index (χ0n) is 11.5. The van der Waals surface area contributed by atoms with Gasteiger partial charge < -0.3 is 10.6 Å². The molecule has 1 aromatic heterocycles. The van der Waals surface area contributed by atoms with Crippen molar-refractivity contribution in [1.82, 2.24) is 10.2 Å². The molecule has 19 heavy (non-hydrogen) atoms. The smallest absolute Gasteiger partial charge is 0.155 e. The third-order valence-corrected chi connectivity index (χ3v) is 2.99. The quantitative estimate of drug-likeness (QED) is 0.893. The minimum Gasteiger partial charge on any atom is -0.330 e. The number of benzene rings is 1. The molecule has 0 aliphatic rings. The second-order valence-corrected chi connectivity index (χ2v) is 4.66. The molecule has 0 saturated heterocycles. The van der Waals surface area contributed by atoms with E-state index in [1.54, 1.807) is 0 Å². The van der Waals surface area contributed by atoms with E-state index in [0.717, 1.165) is 30.2 Å². The number of rotatable bonds is 5. The maximum atomic E-state index is 5.62. The van der Waals surface area contributed by atoms with Gasteiger partial charge in [0.15, 0.2) is 5.82 Å². The SMILES string of the molecule is Cc1ccc(N(CCCN)c2ccc(C)nn2)cc1. The van der Waals surface area contributed by atoms with Crippen molar-refractivity contribution in [3.63, 3.8) is 0 Å². The summed E-state index contributed by atoms with van der Waals surface area (Å²) in [5, 5.41) is 8.39. The van der Waals surface area contributed by atoms with E-state index in [1.807, 2.05) is 19.1 Å². The average Bonchev–Trinajstić information content (AvgIpc) is 2.43. The Bertz CT molecular complexity index is 459. The first-order valence-corrected chi connectivity index (χ1v) is 6.55. The number of nitrogens with two attached hydrogens (primary N) is 1. The summed E-state index contributed by atoms with van der Waals surface area (Å²) in [6.45, 7) is 5.53. The standard InChI is InChI=1S/C15H20N4/c1-12-4-7-14(8-5-12)19(11-3-10-16)15-9-6-13(2)17-18-15/h4-9H,3,10-11,16H2,1-2H3. The average molecular weight is 256 g/mol. The number of aromatic nitrogens is 2. The second-order valence-electron chi connectivity index (χ2n) is 4.66. The molecule has 0 bridgehead atoms. The largest absolute Gasteiger partial charge is 0.330 e. The Morgan fingerprint density at radius 1 is 1.00 bits per heavy atom. The molecule has 100 valence electrons. The first-order valence-electron chi connectivity index (χ1n) is 6.55. The van der Waals surface area contributed by atoms with Crippen LogP contribution >= 0.6 is 0 Å². The Hall–Kier alpha value is -1.94. The van der Waals surface area contributed by atoms with Gasteiger partial charge in [0.05, 0.1) is 5.69 Å². The van der Waals surface area contributed by atoms with Crippen molar-refractivity contribution in [1.29, 1.82) is 0 Å². The third-order valence-electron chi connectivity index (χ3n) is 2.99. The summed E-state index contributed by atoms with van der Waals surface area (Å²) in [4.78, 5) is 2.15. The number of anilines is 2. The highest BCUT2D eigenvalue weighted by molar-refractivity contribution is 5.59. The van der Waals surface area contributed by atoms with E-state index in [2.05, 4.69) is 46.3 Å². The number of nitrogens with zero attached hydrogens (tertiary/aromatic N) is 3. The van der Waals surface area contributed by atoms with Crippen LogP contribution in [-0.2, 0) is 0 Å². The minimum atomic E-state index is 0.668. The molecule has 0 aliphatic carbocycles. The minimum absolute atomic E-state index is 0.668. The van der Waals surface area contributed by atoms with Gasteiger partial charge in [0.25, 0.3) is 0 Å². The summed E-state index contributed by atoms with van der Waals surface area (Å²) in [5.41, 5.74) is 8.91. The molecule has 0 atom stereocenters. The van der Waals surface area contributed by atoms with Crippen LogP contribution in [0, 0.1) is 13.8 Å². The van der Waals surface area contributed by atoms with Gasteiger partial charge in [0.2, 0.25) is 0 Å². The maximum absolute atomic E-state index is 5.62. The summed E-state index contributed by atoms with van der Waals surface area (Å²) in [6.07, 6.45) is 0.920. The molecular weight excluding hydrogens is 236 g/mol. The Balaban J connectivity index is 2.29. The predicted octanol–water partition coefficient (Wildman–Crippen LogP) is 2.58. The zero-order chi connectivity index (χ0) is 13.7. The van der Waals surface area contributed by atoms with Crippen LogP contribution in [0.15, 0.2) is 36.4 Å². The van der Waals surface area contributed by atoms with Crippen molar-refractivity contribution in [2.45, 2.75) is 20.3 Å². The van der Waals surface area contributed by atoms with E-state index in [9.17, 15) is 0 Å². The third kappa shape index (κ3) is 3.51.